The van der Waals surface area contributed by atoms with Crippen LogP contribution >= 0.6 is 11.6 Å². The highest BCUT2D eigenvalue weighted by atomic mass is 35.5. The van der Waals surface area contributed by atoms with E-state index in [1.807, 2.05) is 37.2 Å². The molecule has 0 saturated carbocycles. The molecule has 0 fully saturated rings. The van der Waals surface area contributed by atoms with Gasteiger partial charge in [-0.3, -0.25) is 9.59 Å². The summed E-state index contributed by atoms with van der Waals surface area (Å²) < 4.78 is 11.1. The van der Waals surface area contributed by atoms with Crippen LogP contribution in [0.3, 0.4) is 0 Å². The molecule has 1 amide bonds. The molecule has 1 heterocycles. The standard InChI is InChI=1S/C22H29ClN2O4/c1-22(2,3)29-21(27)14-25(11-10-24(4)5)20(26)9-6-16-12-17-13-18(23)7-8-19(17)28-15-16/h6-9,12-13H,10-11,14-15H2,1-5H3/b9-6+. The maximum atomic E-state index is 12.7. The van der Waals surface area contributed by atoms with Gasteiger partial charge in [0.15, 0.2) is 0 Å². The topological polar surface area (TPSA) is 59.1 Å². The van der Waals surface area contributed by atoms with Crippen molar-refractivity contribution in [3.05, 3.63) is 46.5 Å². The van der Waals surface area contributed by atoms with Crippen LogP contribution in [0.15, 0.2) is 35.9 Å². The molecule has 6 nitrogen and oxygen atoms in total. The lowest BCUT2D eigenvalue weighted by Crippen LogP contribution is -2.41. The number of rotatable bonds is 7. The minimum Gasteiger partial charge on any atom is -0.488 e. The summed E-state index contributed by atoms with van der Waals surface area (Å²) in [5.74, 6) is 0.0766. The Balaban J connectivity index is 2.08. The van der Waals surface area contributed by atoms with E-state index in [-0.39, 0.29) is 12.5 Å². The normalized spacial score (nSPS) is 13.7. The summed E-state index contributed by atoms with van der Waals surface area (Å²) >= 11 is 6.04. The molecule has 29 heavy (non-hydrogen) atoms. The second-order valence-corrected chi connectivity index (χ2v) is 8.61. The van der Waals surface area contributed by atoms with Gasteiger partial charge in [-0.25, -0.2) is 0 Å². The van der Waals surface area contributed by atoms with E-state index in [2.05, 4.69) is 0 Å². The number of hydrogen-bond acceptors (Lipinski definition) is 5. The molecular formula is C22H29ClN2O4. The van der Waals surface area contributed by atoms with Gasteiger partial charge in [0.2, 0.25) is 5.91 Å². The Morgan fingerprint density at radius 3 is 2.62 bits per heavy atom. The van der Waals surface area contributed by atoms with Gasteiger partial charge in [-0.05, 0) is 64.7 Å². The maximum Gasteiger partial charge on any atom is 0.326 e. The minimum atomic E-state index is -0.595. The molecule has 1 aromatic carbocycles. The molecule has 0 radical (unpaired) electrons. The second-order valence-electron chi connectivity index (χ2n) is 8.17. The van der Waals surface area contributed by atoms with Gasteiger partial charge in [-0.1, -0.05) is 17.7 Å². The third-order valence-corrected chi connectivity index (χ3v) is 4.25. The first-order chi connectivity index (χ1) is 13.5. The average Bonchev–Trinajstić information content (AvgIpc) is 2.61. The van der Waals surface area contributed by atoms with E-state index in [0.717, 1.165) is 16.9 Å². The zero-order chi connectivity index (χ0) is 21.6. The quantitative estimate of drug-likeness (QED) is 0.499. The molecule has 0 bridgehead atoms. The summed E-state index contributed by atoms with van der Waals surface area (Å²) in [7, 11) is 3.83. The van der Waals surface area contributed by atoms with E-state index >= 15 is 0 Å². The lowest BCUT2D eigenvalue weighted by atomic mass is 10.1. The number of hydrogen-bond donors (Lipinski definition) is 0. The van der Waals surface area contributed by atoms with Crippen molar-refractivity contribution < 1.29 is 19.1 Å². The number of ether oxygens (including phenoxy) is 2. The highest BCUT2D eigenvalue weighted by molar-refractivity contribution is 6.30. The number of amides is 1. The van der Waals surface area contributed by atoms with Gasteiger partial charge < -0.3 is 19.3 Å². The van der Waals surface area contributed by atoms with Crippen LogP contribution in [0.2, 0.25) is 5.02 Å². The summed E-state index contributed by atoms with van der Waals surface area (Å²) in [6.45, 7) is 6.73. The molecule has 7 heteroatoms. The molecule has 0 saturated heterocycles. The Bertz CT molecular complexity index is 810. The second kappa shape index (κ2) is 9.94. The van der Waals surface area contributed by atoms with Gasteiger partial charge in [0.1, 0.15) is 24.5 Å². The van der Waals surface area contributed by atoms with Crippen molar-refractivity contribution in [2.24, 2.45) is 0 Å². The van der Waals surface area contributed by atoms with Crippen LogP contribution in [0, 0.1) is 0 Å². The molecule has 1 aliphatic rings. The third-order valence-electron chi connectivity index (χ3n) is 4.02. The number of carbonyl (C=O) groups is 2. The number of halogens is 1. The first-order valence-electron chi connectivity index (χ1n) is 9.50. The fourth-order valence-corrected chi connectivity index (χ4v) is 2.84. The molecule has 158 valence electrons. The zero-order valence-corrected chi connectivity index (χ0v) is 18.5. The Hall–Kier alpha value is -2.31. The molecule has 0 aromatic heterocycles. The van der Waals surface area contributed by atoms with Crippen molar-refractivity contribution in [3.63, 3.8) is 0 Å². The van der Waals surface area contributed by atoms with Crippen LogP contribution in [-0.4, -0.2) is 67.6 Å². The van der Waals surface area contributed by atoms with Crippen LogP contribution in [0.4, 0.5) is 0 Å². The lowest BCUT2D eigenvalue weighted by molar-refractivity contribution is -0.158. The van der Waals surface area contributed by atoms with Crippen molar-refractivity contribution >= 4 is 29.6 Å². The highest BCUT2D eigenvalue weighted by Crippen LogP contribution is 2.29. The average molecular weight is 421 g/mol. The van der Waals surface area contributed by atoms with Crippen molar-refractivity contribution in [2.45, 2.75) is 26.4 Å². The molecular weight excluding hydrogens is 392 g/mol. The first kappa shape index (κ1) is 23.0. The molecule has 2 rings (SSSR count). The minimum absolute atomic E-state index is 0.0950. The molecule has 1 aliphatic heterocycles. The number of carbonyl (C=O) groups excluding carboxylic acids is 2. The predicted molar refractivity (Wildman–Crippen MR) is 115 cm³/mol. The molecule has 0 unspecified atom stereocenters. The fraction of sp³-hybridized carbons (Fsp3) is 0.455. The molecule has 0 spiro atoms. The van der Waals surface area contributed by atoms with Crippen molar-refractivity contribution in [1.29, 1.82) is 0 Å². The van der Waals surface area contributed by atoms with E-state index in [4.69, 9.17) is 21.1 Å². The summed E-state index contributed by atoms with van der Waals surface area (Å²) in [4.78, 5) is 28.4. The number of fused-ring (bicyclic) bond motifs is 1. The summed E-state index contributed by atoms with van der Waals surface area (Å²) in [6.07, 6.45) is 5.11. The van der Waals surface area contributed by atoms with Crippen LogP contribution in [0.5, 0.6) is 5.75 Å². The third kappa shape index (κ3) is 7.91. The summed E-state index contributed by atoms with van der Waals surface area (Å²) in [5.41, 5.74) is 1.12. The van der Waals surface area contributed by atoms with Gasteiger partial charge in [0.25, 0.3) is 0 Å². The monoisotopic (exact) mass is 420 g/mol. The Kier molecular flexibility index (Phi) is 7.88. The van der Waals surface area contributed by atoms with Gasteiger partial charge in [0.05, 0.1) is 0 Å². The van der Waals surface area contributed by atoms with Crippen LogP contribution in [0.1, 0.15) is 26.3 Å². The number of benzene rings is 1. The highest BCUT2D eigenvalue weighted by Gasteiger charge is 2.21. The van der Waals surface area contributed by atoms with Gasteiger partial charge >= 0.3 is 5.97 Å². The first-order valence-corrected chi connectivity index (χ1v) is 9.88. The van der Waals surface area contributed by atoms with E-state index in [0.29, 0.717) is 24.7 Å². The Morgan fingerprint density at radius 1 is 1.24 bits per heavy atom. The maximum absolute atomic E-state index is 12.7. The summed E-state index contributed by atoms with van der Waals surface area (Å²) in [5, 5.41) is 0.622. The number of nitrogens with zero attached hydrogens (tertiary/aromatic N) is 2. The van der Waals surface area contributed by atoms with Crippen LogP contribution < -0.4 is 4.74 Å². The fourth-order valence-electron chi connectivity index (χ4n) is 2.66. The van der Waals surface area contributed by atoms with Crippen LogP contribution in [-0.2, 0) is 14.3 Å². The SMILES string of the molecule is CN(C)CCN(CC(=O)OC(C)(C)C)C(=O)/C=C/C1=Cc2cc(Cl)ccc2OC1. The van der Waals surface area contributed by atoms with Crippen molar-refractivity contribution in [1.82, 2.24) is 9.80 Å². The van der Waals surface area contributed by atoms with Crippen molar-refractivity contribution in [3.8, 4) is 5.75 Å². The largest absolute Gasteiger partial charge is 0.488 e. The Labute approximate surface area is 177 Å². The van der Waals surface area contributed by atoms with E-state index in [1.165, 1.54) is 11.0 Å². The summed E-state index contributed by atoms with van der Waals surface area (Å²) in [6, 6.07) is 5.42. The van der Waals surface area contributed by atoms with Gasteiger partial charge in [0, 0.05) is 29.8 Å². The molecule has 0 aliphatic carbocycles. The molecule has 1 aromatic rings. The van der Waals surface area contributed by atoms with Gasteiger partial charge in [-0.15, -0.1) is 0 Å². The zero-order valence-electron chi connectivity index (χ0n) is 17.7. The van der Waals surface area contributed by atoms with Crippen molar-refractivity contribution in [2.75, 3.05) is 40.3 Å². The predicted octanol–water partition coefficient (Wildman–Crippen LogP) is 3.40. The number of likely N-dealkylation sites (N-methyl/N-ethyl adjacent to an activating group) is 1. The smallest absolute Gasteiger partial charge is 0.326 e. The number of esters is 1. The van der Waals surface area contributed by atoms with E-state index in [1.54, 1.807) is 32.9 Å². The van der Waals surface area contributed by atoms with E-state index < -0.39 is 11.6 Å². The lowest BCUT2D eigenvalue weighted by Gasteiger charge is -2.25. The van der Waals surface area contributed by atoms with Crippen LogP contribution in [0.25, 0.3) is 6.08 Å². The molecule has 0 N–H and O–H groups in total. The van der Waals surface area contributed by atoms with E-state index in [9.17, 15) is 9.59 Å². The van der Waals surface area contributed by atoms with Gasteiger partial charge in [-0.2, -0.15) is 0 Å². The Morgan fingerprint density at radius 2 is 1.97 bits per heavy atom. The molecule has 0 atom stereocenters.